The van der Waals surface area contributed by atoms with Crippen LogP contribution in [0.4, 0.5) is 0 Å². The van der Waals surface area contributed by atoms with Crippen molar-refractivity contribution in [2.75, 3.05) is 0 Å². The van der Waals surface area contributed by atoms with E-state index in [4.69, 9.17) is 11.6 Å². The second-order valence-corrected chi connectivity index (χ2v) is 5.32. The first-order valence-corrected chi connectivity index (χ1v) is 6.84. The summed E-state index contributed by atoms with van der Waals surface area (Å²) < 4.78 is 1.69. The van der Waals surface area contributed by atoms with Crippen molar-refractivity contribution in [3.63, 3.8) is 0 Å². The molecule has 0 aliphatic carbocycles. The molecular weight excluding hydrogens is 298 g/mol. The van der Waals surface area contributed by atoms with Gasteiger partial charge >= 0.3 is 0 Å². The number of hydrogen-bond acceptors (Lipinski definition) is 6. The maximum Gasteiger partial charge on any atom is 0.235 e. The van der Waals surface area contributed by atoms with Crippen LogP contribution in [0.3, 0.4) is 0 Å². The average molecular weight is 304 g/mol. The molecule has 1 N–H and O–H groups in total. The molecule has 0 unspecified atom stereocenters. The highest BCUT2D eigenvalue weighted by molar-refractivity contribution is 7.19. The fourth-order valence-corrected chi connectivity index (χ4v) is 2.91. The minimum Gasteiger partial charge on any atom is -0.274 e. The molecule has 0 amide bonds. The summed E-state index contributed by atoms with van der Waals surface area (Å²) in [4.78, 5) is 4.68. The SMILES string of the molecule is Clc1cn[nH]c1-c1nn2c(-c3ccncc3)nnc2s1. The largest absolute Gasteiger partial charge is 0.274 e. The number of pyridine rings is 1. The van der Waals surface area contributed by atoms with Gasteiger partial charge < -0.3 is 0 Å². The number of aromatic nitrogens is 7. The van der Waals surface area contributed by atoms with Crippen molar-refractivity contribution in [2.45, 2.75) is 0 Å². The number of hydrogen-bond donors (Lipinski definition) is 1. The standard InChI is InChI=1S/C11H6ClN7S/c12-7-5-14-15-8(7)10-18-19-9(16-17-11(19)20-10)6-1-3-13-4-2-6/h1-5H,(H,14,15). The smallest absolute Gasteiger partial charge is 0.235 e. The molecule has 0 aromatic carbocycles. The molecule has 4 rings (SSSR count). The summed E-state index contributed by atoms with van der Waals surface area (Å²) in [5.41, 5.74) is 1.59. The summed E-state index contributed by atoms with van der Waals surface area (Å²) in [7, 11) is 0. The molecule has 0 radical (unpaired) electrons. The molecule has 0 aliphatic rings. The second-order valence-electron chi connectivity index (χ2n) is 3.95. The summed E-state index contributed by atoms with van der Waals surface area (Å²) in [6.45, 7) is 0. The summed E-state index contributed by atoms with van der Waals surface area (Å²) >= 11 is 7.44. The van der Waals surface area contributed by atoms with Gasteiger partial charge in [-0.25, -0.2) is 0 Å². The topological polar surface area (TPSA) is 84.7 Å². The van der Waals surface area contributed by atoms with Crippen molar-refractivity contribution in [3.05, 3.63) is 35.7 Å². The van der Waals surface area contributed by atoms with Gasteiger partial charge in [-0.1, -0.05) is 22.9 Å². The van der Waals surface area contributed by atoms with Crippen LogP contribution < -0.4 is 0 Å². The lowest BCUT2D eigenvalue weighted by Gasteiger charge is -1.95. The van der Waals surface area contributed by atoms with E-state index in [1.807, 2.05) is 12.1 Å². The minimum atomic E-state index is 0.528. The third kappa shape index (κ3) is 1.69. The number of rotatable bonds is 2. The minimum absolute atomic E-state index is 0.528. The van der Waals surface area contributed by atoms with Crippen LogP contribution >= 0.6 is 22.9 Å². The molecule has 0 bridgehead atoms. The Morgan fingerprint density at radius 2 is 2.05 bits per heavy atom. The summed E-state index contributed by atoms with van der Waals surface area (Å²) in [5, 5.41) is 20.7. The molecule has 4 aromatic heterocycles. The normalized spacial score (nSPS) is 11.2. The molecule has 0 aliphatic heterocycles. The summed E-state index contributed by atoms with van der Waals surface area (Å²) in [5.74, 6) is 0.667. The van der Waals surface area contributed by atoms with Crippen molar-refractivity contribution in [1.29, 1.82) is 0 Å². The second kappa shape index (κ2) is 4.36. The zero-order valence-electron chi connectivity index (χ0n) is 9.86. The van der Waals surface area contributed by atoms with E-state index in [1.165, 1.54) is 11.3 Å². The number of halogens is 1. The van der Waals surface area contributed by atoms with Crippen LogP contribution in [0.25, 0.3) is 27.1 Å². The van der Waals surface area contributed by atoms with E-state index in [2.05, 4.69) is 30.5 Å². The highest BCUT2D eigenvalue weighted by atomic mass is 35.5. The Bertz CT molecular complexity index is 879. The number of nitrogens with one attached hydrogen (secondary N) is 1. The Labute approximate surface area is 121 Å². The van der Waals surface area contributed by atoms with E-state index in [1.54, 1.807) is 23.1 Å². The molecular formula is C11H6ClN7S. The zero-order chi connectivity index (χ0) is 13.5. The van der Waals surface area contributed by atoms with Crippen LogP contribution in [-0.4, -0.2) is 35.0 Å². The van der Waals surface area contributed by atoms with Gasteiger partial charge in [0, 0.05) is 18.0 Å². The molecule has 9 heteroatoms. The van der Waals surface area contributed by atoms with Crippen LogP contribution in [-0.2, 0) is 0 Å². The molecule has 0 saturated heterocycles. The fourth-order valence-electron chi connectivity index (χ4n) is 1.82. The Balaban J connectivity index is 1.90. The third-order valence-corrected chi connectivity index (χ3v) is 3.94. The summed E-state index contributed by atoms with van der Waals surface area (Å²) in [6, 6.07) is 3.72. The quantitative estimate of drug-likeness (QED) is 0.614. The van der Waals surface area contributed by atoms with Crippen LogP contribution in [0.5, 0.6) is 0 Å². The van der Waals surface area contributed by atoms with Gasteiger partial charge in [0.2, 0.25) is 4.96 Å². The van der Waals surface area contributed by atoms with Crippen LogP contribution in [0.2, 0.25) is 5.02 Å². The van der Waals surface area contributed by atoms with E-state index in [0.717, 1.165) is 5.56 Å². The maximum atomic E-state index is 6.05. The highest BCUT2D eigenvalue weighted by Gasteiger charge is 2.16. The zero-order valence-corrected chi connectivity index (χ0v) is 11.4. The van der Waals surface area contributed by atoms with Gasteiger partial charge in [-0.15, -0.1) is 10.2 Å². The number of aromatic amines is 1. The van der Waals surface area contributed by atoms with Crippen molar-refractivity contribution in [2.24, 2.45) is 0 Å². The monoisotopic (exact) mass is 303 g/mol. The van der Waals surface area contributed by atoms with Crippen LogP contribution in [0, 0.1) is 0 Å². The average Bonchev–Trinajstić information content (AvgIpc) is 3.13. The third-order valence-electron chi connectivity index (χ3n) is 2.74. The van der Waals surface area contributed by atoms with Gasteiger partial charge in [0.1, 0.15) is 5.69 Å². The molecule has 4 aromatic rings. The molecule has 7 nitrogen and oxygen atoms in total. The molecule has 0 spiro atoms. The molecule has 0 fully saturated rings. The lowest BCUT2D eigenvalue weighted by molar-refractivity contribution is 0.963. The number of nitrogens with zero attached hydrogens (tertiary/aromatic N) is 6. The first kappa shape index (κ1) is 11.5. The first-order chi connectivity index (χ1) is 9.83. The number of H-pyrrole nitrogens is 1. The molecule has 98 valence electrons. The van der Waals surface area contributed by atoms with Gasteiger partial charge in [-0.05, 0) is 12.1 Å². The lowest BCUT2D eigenvalue weighted by atomic mass is 10.2. The highest BCUT2D eigenvalue weighted by Crippen LogP contribution is 2.30. The van der Waals surface area contributed by atoms with E-state index in [-0.39, 0.29) is 0 Å². The Morgan fingerprint density at radius 1 is 1.20 bits per heavy atom. The van der Waals surface area contributed by atoms with Crippen molar-refractivity contribution < 1.29 is 0 Å². The predicted octanol–water partition coefficient (Wildman–Crippen LogP) is 2.29. The summed E-state index contributed by atoms with van der Waals surface area (Å²) in [6.07, 6.45) is 4.95. The number of fused-ring (bicyclic) bond motifs is 1. The van der Waals surface area contributed by atoms with Gasteiger partial charge in [-0.2, -0.15) is 14.7 Å². The van der Waals surface area contributed by atoms with E-state index < -0.39 is 0 Å². The van der Waals surface area contributed by atoms with Gasteiger partial charge in [0.25, 0.3) is 0 Å². The van der Waals surface area contributed by atoms with Gasteiger partial charge in [-0.3, -0.25) is 10.1 Å². The molecule has 0 atom stereocenters. The van der Waals surface area contributed by atoms with Crippen LogP contribution in [0.1, 0.15) is 0 Å². The van der Waals surface area contributed by atoms with E-state index >= 15 is 0 Å². The first-order valence-electron chi connectivity index (χ1n) is 5.65. The maximum absolute atomic E-state index is 6.05. The van der Waals surface area contributed by atoms with Crippen molar-refractivity contribution in [1.82, 2.24) is 35.0 Å². The van der Waals surface area contributed by atoms with Crippen molar-refractivity contribution >= 4 is 27.9 Å². The van der Waals surface area contributed by atoms with Gasteiger partial charge in [0.05, 0.1) is 11.2 Å². The fraction of sp³-hybridized carbons (Fsp3) is 0. The predicted molar refractivity (Wildman–Crippen MR) is 74.5 cm³/mol. The van der Waals surface area contributed by atoms with Crippen LogP contribution in [0.15, 0.2) is 30.7 Å². The molecule has 4 heterocycles. The Hall–Kier alpha value is -2.32. The lowest BCUT2D eigenvalue weighted by Crippen LogP contribution is -1.91. The molecule has 0 saturated carbocycles. The van der Waals surface area contributed by atoms with Gasteiger partial charge in [0.15, 0.2) is 10.8 Å². The Kier molecular flexibility index (Phi) is 2.51. The van der Waals surface area contributed by atoms with Crippen molar-refractivity contribution in [3.8, 4) is 22.1 Å². The Morgan fingerprint density at radius 3 is 2.80 bits per heavy atom. The van der Waals surface area contributed by atoms with E-state index in [0.29, 0.717) is 26.5 Å². The molecule has 20 heavy (non-hydrogen) atoms. The van der Waals surface area contributed by atoms with E-state index in [9.17, 15) is 0 Å².